The quantitative estimate of drug-likeness (QED) is 0.605. The highest BCUT2D eigenvalue weighted by Gasteiger charge is 2.34. The molecule has 1 unspecified atom stereocenters. The third kappa shape index (κ3) is 5.71. The molecule has 4 rings (SSSR count). The number of nitrogens with zero attached hydrogens (tertiary/aromatic N) is 2. The van der Waals surface area contributed by atoms with Crippen molar-refractivity contribution in [1.29, 1.82) is 0 Å². The molecule has 2 aliphatic rings. The number of carbonyl (C=O) groups is 1. The number of hydrogen-bond donors (Lipinski definition) is 2. The molecule has 1 saturated heterocycles. The number of fused-ring (bicyclic) bond motifs is 1. The lowest BCUT2D eigenvalue weighted by molar-refractivity contribution is -0.274. The normalized spacial score (nSPS) is 19.7. The Morgan fingerprint density at radius 2 is 1.81 bits per heavy atom. The van der Waals surface area contributed by atoms with Crippen LogP contribution < -0.4 is 20.4 Å². The highest BCUT2D eigenvalue weighted by atomic mass is 35.5. The Kier molecular flexibility index (Phi) is 7.13. The van der Waals surface area contributed by atoms with Gasteiger partial charge in [0.1, 0.15) is 5.75 Å². The zero-order valence-electron chi connectivity index (χ0n) is 19.4. The highest BCUT2D eigenvalue weighted by Crippen LogP contribution is 2.39. The van der Waals surface area contributed by atoms with Crippen LogP contribution in [0.25, 0.3) is 6.08 Å². The lowest BCUT2D eigenvalue weighted by Gasteiger charge is -2.30. The Balaban J connectivity index is 1.73. The summed E-state index contributed by atoms with van der Waals surface area (Å²) in [6, 6.07) is 8.77. The third-order valence-corrected chi connectivity index (χ3v) is 7.91. The summed E-state index contributed by atoms with van der Waals surface area (Å²) in [6.45, 7) is 2.41. The monoisotopic (exact) mass is 544 g/mol. The van der Waals surface area contributed by atoms with Gasteiger partial charge in [-0.2, -0.15) is 0 Å². The standard InChI is InChI=1S/C23H24ClF3N4O4S/c1-14-11-16-12-20(35-23(25,26)27)19(24)13-18(16)21(29-31(14)22(32)28-2)15-3-5-17(6-4-15)30-7-9-36(33,34)10-8-30/h3-6,11-13,21,29H,7-10H2,1-2H3,(H,28,32). The van der Waals surface area contributed by atoms with Crippen molar-refractivity contribution in [3.05, 3.63) is 63.8 Å². The molecule has 0 radical (unpaired) electrons. The van der Waals surface area contributed by atoms with E-state index in [1.54, 1.807) is 13.0 Å². The zero-order chi connectivity index (χ0) is 26.3. The fraction of sp³-hybridized carbons (Fsp3) is 0.348. The second-order valence-corrected chi connectivity index (χ2v) is 11.1. The number of urea groups is 1. The van der Waals surface area contributed by atoms with Crippen LogP contribution in [0.15, 0.2) is 42.1 Å². The minimum absolute atomic E-state index is 0.0825. The number of rotatable bonds is 3. The first-order valence-electron chi connectivity index (χ1n) is 11.0. The van der Waals surface area contributed by atoms with Crippen LogP contribution in [0.4, 0.5) is 23.7 Å². The number of amides is 2. The topological polar surface area (TPSA) is 91.0 Å². The van der Waals surface area contributed by atoms with Crippen molar-refractivity contribution in [2.24, 2.45) is 0 Å². The van der Waals surface area contributed by atoms with E-state index in [1.807, 2.05) is 29.2 Å². The van der Waals surface area contributed by atoms with Gasteiger partial charge in [0.15, 0.2) is 9.84 Å². The Labute approximate surface area is 211 Å². The highest BCUT2D eigenvalue weighted by molar-refractivity contribution is 7.91. The van der Waals surface area contributed by atoms with E-state index < -0.39 is 34.0 Å². The lowest BCUT2D eigenvalue weighted by atomic mass is 9.94. The number of hydrogen-bond acceptors (Lipinski definition) is 6. The fourth-order valence-corrected chi connectivity index (χ4v) is 5.60. The molecule has 0 aromatic heterocycles. The summed E-state index contributed by atoms with van der Waals surface area (Å²) in [5, 5.41) is 3.57. The largest absolute Gasteiger partial charge is 0.573 e. The maximum Gasteiger partial charge on any atom is 0.573 e. The van der Waals surface area contributed by atoms with Gasteiger partial charge in [0, 0.05) is 31.5 Å². The number of anilines is 1. The number of hydrazine groups is 1. The van der Waals surface area contributed by atoms with Crippen LogP contribution >= 0.6 is 11.6 Å². The zero-order valence-corrected chi connectivity index (χ0v) is 21.0. The SMILES string of the molecule is CNC(=O)N1NC(c2ccc(N3CCS(=O)(=O)CC3)cc2)c2cc(Cl)c(OC(F)(F)F)cc2C=C1C. The van der Waals surface area contributed by atoms with Gasteiger partial charge in [-0.15, -0.1) is 13.2 Å². The van der Waals surface area contributed by atoms with Crippen LogP contribution in [0.1, 0.15) is 29.7 Å². The molecule has 2 amide bonds. The van der Waals surface area contributed by atoms with E-state index in [9.17, 15) is 26.4 Å². The number of nitrogens with one attached hydrogen (secondary N) is 2. The van der Waals surface area contributed by atoms with Gasteiger partial charge in [0.25, 0.3) is 0 Å². The molecular weight excluding hydrogens is 521 g/mol. The molecule has 2 aromatic rings. The summed E-state index contributed by atoms with van der Waals surface area (Å²) in [5.74, 6) is -0.382. The first-order chi connectivity index (χ1) is 16.9. The smallest absolute Gasteiger partial charge is 0.404 e. The average molecular weight is 545 g/mol. The molecule has 194 valence electrons. The Bertz CT molecular complexity index is 1290. The molecular formula is C23H24ClF3N4O4S. The van der Waals surface area contributed by atoms with E-state index in [-0.39, 0.29) is 16.5 Å². The van der Waals surface area contributed by atoms with Crippen LogP contribution in [-0.4, -0.2) is 57.5 Å². The first-order valence-corrected chi connectivity index (χ1v) is 13.2. The summed E-state index contributed by atoms with van der Waals surface area (Å²) >= 11 is 6.16. The predicted molar refractivity (Wildman–Crippen MR) is 130 cm³/mol. The van der Waals surface area contributed by atoms with Crippen LogP contribution in [-0.2, 0) is 9.84 Å². The van der Waals surface area contributed by atoms with E-state index >= 15 is 0 Å². The molecule has 0 saturated carbocycles. The van der Waals surface area contributed by atoms with Crippen LogP contribution in [0.2, 0.25) is 5.02 Å². The van der Waals surface area contributed by atoms with Crippen LogP contribution in [0, 0.1) is 0 Å². The Hall–Kier alpha value is -2.96. The van der Waals surface area contributed by atoms with Gasteiger partial charge in [-0.25, -0.2) is 23.6 Å². The van der Waals surface area contributed by atoms with Gasteiger partial charge in [-0.1, -0.05) is 23.7 Å². The van der Waals surface area contributed by atoms with Gasteiger partial charge in [0.2, 0.25) is 0 Å². The average Bonchev–Trinajstić information content (AvgIpc) is 2.94. The van der Waals surface area contributed by atoms with Crippen LogP contribution in [0.3, 0.4) is 0 Å². The number of allylic oxidation sites excluding steroid dienone is 1. The molecule has 2 heterocycles. The summed E-state index contributed by atoms with van der Waals surface area (Å²) in [7, 11) is -1.56. The van der Waals surface area contributed by atoms with E-state index in [1.165, 1.54) is 24.2 Å². The van der Waals surface area contributed by atoms with Gasteiger partial charge >= 0.3 is 12.4 Å². The number of sulfone groups is 1. The van der Waals surface area contributed by atoms with E-state index in [0.717, 1.165) is 5.69 Å². The fourth-order valence-electron chi connectivity index (χ4n) is 4.19. The Morgan fingerprint density at radius 1 is 1.17 bits per heavy atom. The van der Waals surface area contributed by atoms with Gasteiger partial charge < -0.3 is 15.0 Å². The maximum absolute atomic E-state index is 12.9. The van der Waals surface area contributed by atoms with Crippen molar-refractivity contribution in [2.45, 2.75) is 19.3 Å². The molecule has 0 spiro atoms. The predicted octanol–water partition coefficient (Wildman–Crippen LogP) is 4.08. The van der Waals surface area contributed by atoms with Crippen molar-refractivity contribution in [2.75, 3.05) is 36.5 Å². The third-order valence-electron chi connectivity index (χ3n) is 6.00. The van der Waals surface area contributed by atoms with Crippen molar-refractivity contribution in [3.63, 3.8) is 0 Å². The minimum Gasteiger partial charge on any atom is -0.404 e. The van der Waals surface area contributed by atoms with Crippen molar-refractivity contribution in [1.82, 2.24) is 15.8 Å². The maximum atomic E-state index is 12.9. The molecule has 1 fully saturated rings. The number of halogens is 4. The molecule has 2 aliphatic heterocycles. The summed E-state index contributed by atoms with van der Waals surface area (Å²) in [5.41, 5.74) is 6.05. The number of benzene rings is 2. The summed E-state index contributed by atoms with van der Waals surface area (Å²) in [4.78, 5) is 14.5. The molecule has 1 atom stereocenters. The van der Waals surface area contributed by atoms with Crippen molar-refractivity contribution >= 4 is 39.2 Å². The molecule has 0 aliphatic carbocycles. The van der Waals surface area contributed by atoms with Gasteiger partial charge in [0.05, 0.1) is 22.6 Å². The number of alkyl halides is 3. The minimum atomic E-state index is -4.92. The van der Waals surface area contributed by atoms with Crippen LogP contribution in [0.5, 0.6) is 5.75 Å². The molecule has 36 heavy (non-hydrogen) atoms. The van der Waals surface area contributed by atoms with Crippen molar-refractivity contribution in [3.8, 4) is 5.75 Å². The number of carbonyl (C=O) groups excluding carboxylic acids is 1. The van der Waals surface area contributed by atoms with E-state index in [2.05, 4.69) is 15.5 Å². The van der Waals surface area contributed by atoms with E-state index in [0.29, 0.717) is 35.5 Å². The second kappa shape index (κ2) is 9.83. The lowest BCUT2D eigenvalue weighted by Crippen LogP contribution is -2.47. The molecule has 2 aromatic carbocycles. The molecule has 2 N–H and O–H groups in total. The summed E-state index contributed by atoms with van der Waals surface area (Å²) < 4.78 is 66.2. The Morgan fingerprint density at radius 3 is 2.39 bits per heavy atom. The first kappa shape index (κ1) is 26.1. The number of ether oxygens (including phenoxy) is 1. The van der Waals surface area contributed by atoms with Crippen molar-refractivity contribution < 1.29 is 31.1 Å². The van der Waals surface area contributed by atoms with Gasteiger partial charge in [-0.3, -0.25) is 0 Å². The van der Waals surface area contributed by atoms with E-state index in [4.69, 9.17) is 11.6 Å². The second-order valence-electron chi connectivity index (χ2n) is 8.43. The van der Waals surface area contributed by atoms with Gasteiger partial charge in [-0.05, 0) is 54.0 Å². The molecule has 13 heteroatoms. The molecule has 0 bridgehead atoms. The molecule has 8 nitrogen and oxygen atoms in total. The summed E-state index contributed by atoms with van der Waals surface area (Å²) in [6.07, 6.45) is -3.35.